The monoisotopic (exact) mass is 464 g/mol. The fraction of sp³-hybridized carbons (Fsp3) is 0.360. The number of carbonyl (C=O) groups is 2. The number of aromatic amines is 1. The minimum atomic E-state index is -0.250. The van der Waals surface area contributed by atoms with Gasteiger partial charge in [-0.25, -0.2) is 0 Å². The van der Waals surface area contributed by atoms with Gasteiger partial charge in [-0.1, -0.05) is 24.3 Å². The molecule has 0 radical (unpaired) electrons. The largest absolute Gasteiger partial charge is 0.483 e. The molecule has 2 bridgehead atoms. The minimum absolute atomic E-state index is 0.0258. The molecule has 0 aliphatic carbocycles. The molecule has 0 saturated carbocycles. The number of amides is 1. The Kier molecular flexibility index (Phi) is 6.65. The van der Waals surface area contributed by atoms with E-state index < -0.39 is 0 Å². The topological polar surface area (TPSA) is 116 Å². The van der Waals surface area contributed by atoms with Crippen molar-refractivity contribution in [3.05, 3.63) is 80.6 Å². The Morgan fingerprint density at radius 1 is 1.12 bits per heavy atom. The normalized spacial score (nSPS) is 20.9. The van der Waals surface area contributed by atoms with E-state index in [1.807, 2.05) is 47.8 Å². The van der Waals surface area contributed by atoms with Crippen LogP contribution >= 0.6 is 0 Å². The van der Waals surface area contributed by atoms with Gasteiger partial charge in [0.2, 0.25) is 0 Å². The first-order chi connectivity index (χ1) is 16.3. The SMILES string of the molecule is CN(C)C[C@H]1[C@H]2C[C@H](CN(C(=O)c3c[nH]c(=O)c4ccccc34)C2)c2cccc(=O)n21.O=CO. The van der Waals surface area contributed by atoms with Crippen molar-refractivity contribution >= 4 is 23.2 Å². The van der Waals surface area contributed by atoms with Gasteiger partial charge in [-0.2, -0.15) is 0 Å². The first-order valence-corrected chi connectivity index (χ1v) is 11.2. The first kappa shape index (κ1) is 23.4. The second-order valence-corrected chi connectivity index (χ2v) is 9.07. The van der Waals surface area contributed by atoms with E-state index in [0.717, 1.165) is 18.7 Å². The van der Waals surface area contributed by atoms with Gasteiger partial charge in [0.25, 0.3) is 23.5 Å². The van der Waals surface area contributed by atoms with Crippen LogP contribution in [0, 0.1) is 5.92 Å². The number of likely N-dealkylation sites (tertiary alicyclic amines) is 1. The highest BCUT2D eigenvalue weighted by molar-refractivity contribution is 6.06. The van der Waals surface area contributed by atoms with Crippen molar-refractivity contribution in [1.29, 1.82) is 0 Å². The summed E-state index contributed by atoms with van der Waals surface area (Å²) >= 11 is 0. The van der Waals surface area contributed by atoms with E-state index in [2.05, 4.69) is 9.88 Å². The van der Waals surface area contributed by atoms with Gasteiger partial charge >= 0.3 is 0 Å². The highest BCUT2D eigenvalue weighted by atomic mass is 16.3. The third-order valence-electron chi connectivity index (χ3n) is 6.68. The van der Waals surface area contributed by atoms with Crippen LogP contribution in [0.2, 0.25) is 0 Å². The molecule has 5 rings (SSSR count). The predicted molar refractivity (Wildman–Crippen MR) is 128 cm³/mol. The van der Waals surface area contributed by atoms with Crippen LogP contribution in [0.15, 0.2) is 58.3 Å². The molecule has 2 aromatic heterocycles. The van der Waals surface area contributed by atoms with Crippen molar-refractivity contribution in [3.63, 3.8) is 0 Å². The summed E-state index contributed by atoms with van der Waals surface area (Å²) in [6.07, 6.45) is 2.51. The quantitative estimate of drug-likeness (QED) is 0.571. The van der Waals surface area contributed by atoms with E-state index >= 15 is 0 Å². The van der Waals surface area contributed by atoms with Crippen molar-refractivity contribution in [3.8, 4) is 0 Å². The van der Waals surface area contributed by atoms with E-state index in [0.29, 0.717) is 29.4 Å². The number of nitrogens with one attached hydrogen (secondary N) is 1. The second kappa shape index (κ2) is 9.64. The van der Waals surface area contributed by atoms with E-state index in [9.17, 15) is 14.4 Å². The molecule has 178 valence electrons. The zero-order valence-corrected chi connectivity index (χ0v) is 19.2. The molecule has 1 aromatic carbocycles. The summed E-state index contributed by atoms with van der Waals surface area (Å²) in [4.78, 5) is 53.6. The Bertz CT molecular complexity index is 1330. The smallest absolute Gasteiger partial charge is 0.290 e. The highest BCUT2D eigenvalue weighted by Gasteiger charge is 2.42. The number of benzene rings is 1. The summed E-state index contributed by atoms with van der Waals surface area (Å²) < 4.78 is 1.95. The van der Waals surface area contributed by atoms with Gasteiger partial charge in [0, 0.05) is 54.3 Å². The first-order valence-electron chi connectivity index (χ1n) is 11.2. The lowest BCUT2D eigenvalue weighted by atomic mass is 9.78. The minimum Gasteiger partial charge on any atom is -0.483 e. The van der Waals surface area contributed by atoms with Crippen LogP contribution in [0.4, 0.5) is 0 Å². The van der Waals surface area contributed by atoms with Crippen molar-refractivity contribution < 1.29 is 14.7 Å². The number of hydrogen-bond donors (Lipinski definition) is 2. The molecule has 1 amide bonds. The molecule has 2 aliphatic heterocycles. The molecule has 9 nitrogen and oxygen atoms in total. The molecule has 4 heterocycles. The fourth-order valence-corrected chi connectivity index (χ4v) is 5.37. The van der Waals surface area contributed by atoms with Crippen LogP contribution in [0.5, 0.6) is 0 Å². The number of carbonyl (C=O) groups excluding carboxylic acids is 1. The average molecular weight is 465 g/mol. The van der Waals surface area contributed by atoms with Crippen LogP contribution in [-0.4, -0.2) is 70.6 Å². The van der Waals surface area contributed by atoms with E-state index in [1.54, 1.807) is 18.2 Å². The van der Waals surface area contributed by atoms with Gasteiger partial charge in [-0.15, -0.1) is 0 Å². The number of hydrogen-bond acceptors (Lipinski definition) is 5. The Hall–Kier alpha value is -3.72. The predicted octanol–water partition coefficient (Wildman–Crippen LogP) is 1.75. The third-order valence-corrected chi connectivity index (χ3v) is 6.68. The zero-order valence-electron chi connectivity index (χ0n) is 19.2. The number of fused-ring (bicyclic) bond motifs is 5. The molecule has 0 spiro atoms. The third kappa shape index (κ3) is 4.26. The standard InChI is InChI=1S/C24H26N4O3.CH2O2/c1-26(2)14-21-16-10-15(20-8-5-9-22(29)28(20)21)12-27(13-16)24(31)19-11-25-23(30)18-7-4-3-6-17(18)19;2-1-3/h3-9,11,15-16,21H,10,12-14H2,1-2H3,(H,25,30);1H,(H,2,3)/t15-,16+,21+;/m1./s1. The van der Waals surface area contributed by atoms with Crippen LogP contribution in [0.25, 0.3) is 10.8 Å². The summed E-state index contributed by atoms with van der Waals surface area (Å²) in [6.45, 7) is 1.67. The van der Waals surface area contributed by atoms with Crippen molar-refractivity contribution in [2.75, 3.05) is 33.7 Å². The second-order valence-electron chi connectivity index (χ2n) is 9.07. The van der Waals surface area contributed by atoms with Gasteiger partial charge in [-0.3, -0.25) is 19.2 Å². The molecule has 3 aromatic rings. The number of nitrogens with zero attached hydrogens (tertiary/aromatic N) is 3. The van der Waals surface area contributed by atoms with Gasteiger partial charge < -0.3 is 24.5 Å². The van der Waals surface area contributed by atoms with Crippen LogP contribution < -0.4 is 11.1 Å². The van der Waals surface area contributed by atoms with Gasteiger partial charge in [0.05, 0.1) is 11.6 Å². The van der Waals surface area contributed by atoms with Crippen molar-refractivity contribution in [2.24, 2.45) is 5.92 Å². The van der Waals surface area contributed by atoms with Crippen LogP contribution in [-0.2, 0) is 4.79 Å². The number of pyridine rings is 2. The molecule has 2 N–H and O–H groups in total. The average Bonchev–Trinajstić information content (AvgIpc) is 2.82. The molecular formula is C25H28N4O5. The molecule has 2 aliphatic rings. The maximum atomic E-state index is 13.6. The lowest BCUT2D eigenvalue weighted by molar-refractivity contribution is -0.122. The van der Waals surface area contributed by atoms with Crippen LogP contribution in [0.1, 0.15) is 34.4 Å². The number of carboxylic acid groups (broad SMARTS) is 1. The number of likely N-dealkylation sites (N-methyl/N-ethyl adjacent to an activating group) is 1. The molecule has 9 heteroatoms. The highest BCUT2D eigenvalue weighted by Crippen LogP contribution is 2.41. The number of H-pyrrole nitrogens is 1. The number of piperidine rings is 1. The van der Waals surface area contributed by atoms with E-state index in [4.69, 9.17) is 9.90 Å². The van der Waals surface area contributed by atoms with E-state index in [-0.39, 0.29) is 41.4 Å². The summed E-state index contributed by atoms with van der Waals surface area (Å²) in [5.74, 6) is 0.258. The molecule has 34 heavy (non-hydrogen) atoms. The molecule has 1 fully saturated rings. The summed E-state index contributed by atoms with van der Waals surface area (Å²) in [5.41, 5.74) is 1.37. The van der Waals surface area contributed by atoms with Crippen molar-refractivity contribution in [1.82, 2.24) is 19.4 Å². The molecule has 3 atom stereocenters. The summed E-state index contributed by atoms with van der Waals surface area (Å²) in [6, 6.07) is 12.7. The molecule has 0 unspecified atom stereocenters. The van der Waals surface area contributed by atoms with Gasteiger partial charge in [0.15, 0.2) is 0 Å². The lowest BCUT2D eigenvalue weighted by Crippen LogP contribution is -2.52. The number of aromatic nitrogens is 2. The maximum Gasteiger partial charge on any atom is 0.290 e. The van der Waals surface area contributed by atoms with Gasteiger partial charge in [-0.05, 0) is 38.6 Å². The molecule has 1 saturated heterocycles. The van der Waals surface area contributed by atoms with E-state index in [1.165, 1.54) is 6.20 Å². The summed E-state index contributed by atoms with van der Waals surface area (Å²) in [7, 11) is 4.02. The fourth-order valence-electron chi connectivity index (χ4n) is 5.37. The zero-order chi connectivity index (χ0) is 24.4. The Morgan fingerprint density at radius 3 is 2.53 bits per heavy atom. The maximum absolute atomic E-state index is 13.6. The van der Waals surface area contributed by atoms with Crippen LogP contribution in [0.3, 0.4) is 0 Å². The molecular weight excluding hydrogens is 436 g/mol. The summed E-state index contributed by atoms with van der Waals surface area (Å²) in [5, 5.41) is 8.08. The van der Waals surface area contributed by atoms with Crippen molar-refractivity contribution in [2.45, 2.75) is 18.4 Å². The lowest BCUT2D eigenvalue weighted by Gasteiger charge is -2.47. The Labute approximate surface area is 196 Å². The number of rotatable bonds is 3. The Morgan fingerprint density at radius 2 is 1.82 bits per heavy atom. The Balaban J connectivity index is 0.000000868. The van der Waals surface area contributed by atoms with Gasteiger partial charge in [0.1, 0.15) is 0 Å².